The molecule has 5 rings (SSSR count). The van der Waals surface area contributed by atoms with Crippen LogP contribution in [0.4, 0.5) is 0 Å². The first-order valence-corrected chi connectivity index (χ1v) is 12.5. The fraction of sp³-hybridized carbons (Fsp3) is 0.207. The van der Waals surface area contributed by atoms with E-state index in [2.05, 4.69) is 4.99 Å². The number of allylic oxidation sites excluding steroid dienone is 1. The van der Waals surface area contributed by atoms with Gasteiger partial charge in [-0.2, -0.15) is 0 Å². The maximum Gasteiger partial charge on any atom is 0.338 e. The molecular formula is C29H26N2O4S. The highest BCUT2D eigenvalue weighted by molar-refractivity contribution is 7.07. The normalized spacial score (nSPS) is 15.7. The fourth-order valence-corrected chi connectivity index (χ4v) is 5.52. The van der Waals surface area contributed by atoms with Crippen LogP contribution in [0.2, 0.25) is 0 Å². The molecule has 1 aliphatic rings. The van der Waals surface area contributed by atoms with Gasteiger partial charge in [0.25, 0.3) is 5.56 Å². The van der Waals surface area contributed by atoms with Gasteiger partial charge in [0.05, 0.1) is 35.1 Å². The number of aromatic nitrogens is 1. The third kappa shape index (κ3) is 4.27. The Hall–Kier alpha value is -3.97. The van der Waals surface area contributed by atoms with Crippen LogP contribution in [-0.2, 0) is 9.53 Å². The number of carbonyl (C=O) groups excluding carboxylic acids is 1. The summed E-state index contributed by atoms with van der Waals surface area (Å²) >= 11 is 1.32. The van der Waals surface area contributed by atoms with Crippen LogP contribution in [0.5, 0.6) is 5.75 Å². The summed E-state index contributed by atoms with van der Waals surface area (Å²) in [5.74, 6) is 0.213. The van der Waals surface area contributed by atoms with Crippen molar-refractivity contribution in [2.45, 2.75) is 32.9 Å². The second-order valence-corrected chi connectivity index (χ2v) is 9.89. The first-order valence-electron chi connectivity index (χ1n) is 11.7. The summed E-state index contributed by atoms with van der Waals surface area (Å²) in [4.78, 5) is 32.3. The zero-order valence-corrected chi connectivity index (χ0v) is 21.3. The second kappa shape index (κ2) is 9.59. The van der Waals surface area contributed by atoms with Crippen LogP contribution in [0, 0.1) is 0 Å². The Balaban J connectivity index is 1.73. The lowest BCUT2D eigenvalue weighted by atomic mass is 9.96. The third-order valence-electron chi connectivity index (χ3n) is 6.13. The van der Waals surface area contributed by atoms with Crippen molar-refractivity contribution in [1.29, 1.82) is 0 Å². The van der Waals surface area contributed by atoms with Crippen molar-refractivity contribution >= 4 is 34.2 Å². The van der Waals surface area contributed by atoms with Crippen molar-refractivity contribution in [2.75, 3.05) is 7.11 Å². The van der Waals surface area contributed by atoms with E-state index in [4.69, 9.17) is 9.47 Å². The smallest absolute Gasteiger partial charge is 0.338 e. The molecule has 0 aliphatic carbocycles. The molecular weight excluding hydrogens is 472 g/mol. The topological polar surface area (TPSA) is 69.9 Å². The van der Waals surface area contributed by atoms with Crippen LogP contribution in [0.25, 0.3) is 16.8 Å². The Morgan fingerprint density at radius 3 is 2.50 bits per heavy atom. The molecule has 6 nitrogen and oxygen atoms in total. The van der Waals surface area contributed by atoms with Gasteiger partial charge >= 0.3 is 5.97 Å². The number of benzene rings is 3. The quantitative estimate of drug-likeness (QED) is 0.384. The molecule has 7 heteroatoms. The van der Waals surface area contributed by atoms with Crippen molar-refractivity contribution < 1.29 is 14.3 Å². The summed E-state index contributed by atoms with van der Waals surface area (Å²) in [7, 11) is 1.60. The summed E-state index contributed by atoms with van der Waals surface area (Å²) in [5, 5.41) is 2.17. The van der Waals surface area contributed by atoms with Crippen molar-refractivity contribution in [3.8, 4) is 5.75 Å². The number of methoxy groups -OCH3 is 1. The summed E-state index contributed by atoms with van der Waals surface area (Å²) in [5.41, 5.74) is 2.43. The number of fused-ring (bicyclic) bond motifs is 2. The third-order valence-corrected chi connectivity index (χ3v) is 7.11. The van der Waals surface area contributed by atoms with Gasteiger partial charge in [-0.15, -0.1) is 0 Å². The molecule has 0 fully saturated rings. The Morgan fingerprint density at radius 1 is 1.06 bits per heavy atom. The summed E-state index contributed by atoms with van der Waals surface area (Å²) in [6.07, 6.45) is 1.60. The number of hydrogen-bond donors (Lipinski definition) is 0. The van der Waals surface area contributed by atoms with Gasteiger partial charge in [0, 0.05) is 0 Å². The van der Waals surface area contributed by atoms with Crippen LogP contribution in [0.3, 0.4) is 0 Å². The largest absolute Gasteiger partial charge is 0.497 e. The predicted octanol–water partition coefficient (Wildman–Crippen LogP) is 4.35. The lowest BCUT2D eigenvalue weighted by Crippen LogP contribution is -2.40. The van der Waals surface area contributed by atoms with Crippen LogP contribution < -0.4 is 19.6 Å². The lowest BCUT2D eigenvalue weighted by molar-refractivity contribution is -0.143. The summed E-state index contributed by atoms with van der Waals surface area (Å²) < 4.78 is 13.0. The molecule has 182 valence electrons. The SMILES string of the molecule is COc1ccc([C@@H]2C(C(=O)OC(C)C)=C(C)N=c3s/c(=C/c4cccc5ccccc45)c(=O)n32)cc1. The average molecular weight is 499 g/mol. The minimum Gasteiger partial charge on any atom is -0.497 e. The average Bonchev–Trinajstić information content (AvgIpc) is 3.17. The fourth-order valence-electron chi connectivity index (χ4n) is 4.48. The molecule has 0 amide bonds. The number of hydrogen-bond acceptors (Lipinski definition) is 6. The highest BCUT2D eigenvalue weighted by atomic mass is 32.1. The molecule has 4 aromatic rings. The number of carbonyl (C=O) groups is 1. The molecule has 2 heterocycles. The first-order chi connectivity index (χ1) is 17.4. The van der Waals surface area contributed by atoms with Crippen molar-refractivity contribution in [1.82, 2.24) is 4.57 Å². The Kier molecular flexibility index (Phi) is 6.33. The minimum absolute atomic E-state index is 0.199. The van der Waals surface area contributed by atoms with Gasteiger partial charge in [0.2, 0.25) is 0 Å². The van der Waals surface area contributed by atoms with E-state index in [1.807, 2.05) is 72.8 Å². The van der Waals surface area contributed by atoms with Gasteiger partial charge in [-0.25, -0.2) is 9.79 Å². The molecule has 0 saturated carbocycles. The number of esters is 1. The first kappa shape index (κ1) is 23.8. The molecule has 0 saturated heterocycles. The Bertz CT molecular complexity index is 1670. The van der Waals surface area contributed by atoms with Gasteiger partial charge in [0.1, 0.15) is 5.75 Å². The molecule has 3 aromatic carbocycles. The maximum absolute atomic E-state index is 13.8. The van der Waals surface area contributed by atoms with Crippen molar-refractivity contribution in [3.63, 3.8) is 0 Å². The van der Waals surface area contributed by atoms with E-state index in [0.29, 0.717) is 26.4 Å². The molecule has 0 unspecified atom stereocenters. The van der Waals surface area contributed by atoms with Gasteiger partial charge in [-0.3, -0.25) is 9.36 Å². The van der Waals surface area contributed by atoms with E-state index >= 15 is 0 Å². The van der Waals surface area contributed by atoms with Crippen LogP contribution in [-0.4, -0.2) is 23.8 Å². The number of ether oxygens (including phenoxy) is 2. The molecule has 0 spiro atoms. The van der Waals surface area contributed by atoms with Crippen molar-refractivity contribution in [3.05, 3.63) is 109 Å². The van der Waals surface area contributed by atoms with Gasteiger partial charge < -0.3 is 9.47 Å². The highest BCUT2D eigenvalue weighted by Gasteiger charge is 2.33. The minimum atomic E-state index is -0.659. The van der Waals surface area contributed by atoms with Gasteiger partial charge in [-0.1, -0.05) is 65.9 Å². The van der Waals surface area contributed by atoms with E-state index in [9.17, 15) is 9.59 Å². The second-order valence-electron chi connectivity index (χ2n) is 8.88. The summed E-state index contributed by atoms with van der Waals surface area (Å²) in [6.45, 7) is 5.39. The molecule has 0 N–H and O–H groups in total. The summed E-state index contributed by atoms with van der Waals surface area (Å²) in [6, 6.07) is 20.8. The zero-order chi connectivity index (χ0) is 25.4. The monoisotopic (exact) mass is 498 g/mol. The highest BCUT2D eigenvalue weighted by Crippen LogP contribution is 2.32. The van der Waals surface area contributed by atoms with Crippen LogP contribution >= 0.6 is 11.3 Å². The van der Waals surface area contributed by atoms with E-state index in [-0.39, 0.29) is 11.7 Å². The Labute approximate surface area is 212 Å². The van der Waals surface area contributed by atoms with E-state index < -0.39 is 12.0 Å². The van der Waals surface area contributed by atoms with Gasteiger partial charge in [0.15, 0.2) is 4.80 Å². The van der Waals surface area contributed by atoms with Crippen LogP contribution in [0.15, 0.2) is 87.8 Å². The Morgan fingerprint density at radius 2 is 1.78 bits per heavy atom. The van der Waals surface area contributed by atoms with E-state index in [1.54, 1.807) is 32.4 Å². The molecule has 0 bridgehead atoms. The van der Waals surface area contributed by atoms with E-state index in [0.717, 1.165) is 21.9 Å². The lowest BCUT2D eigenvalue weighted by Gasteiger charge is -2.25. The van der Waals surface area contributed by atoms with Gasteiger partial charge in [-0.05, 0) is 60.9 Å². The predicted molar refractivity (Wildman–Crippen MR) is 142 cm³/mol. The van der Waals surface area contributed by atoms with Crippen molar-refractivity contribution in [2.24, 2.45) is 4.99 Å². The molecule has 1 atom stereocenters. The standard InChI is InChI=1S/C29H26N2O4S/c1-17(2)35-28(33)25-18(3)30-29-31(26(25)20-12-14-22(34-4)15-13-20)27(32)24(36-29)16-21-10-7-9-19-8-5-6-11-23(19)21/h5-17,26H,1-4H3/b24-16+/t26-/m1/s1. The number of thiazole rings is 1. The molecule has 36 heavy (non-hydrogen) atoms. The molecule has 1 aliphatic heterocycles. The molecule has 0 radical (unpaired) electrons. The van der Waals surface area contributed by atoms with Crippen LogP contribution in [0.1, 0.15) is 37.9 Å². The van der Waals surface area contributed by atoms with E-state index in [1.165, 1.54) is 11.3 Å². The number of rotatable bonds is 5. The maximum atomic E-state index is 13.8. The zero-order valence-electron chi connectivity index (χ0n) is 20.5. The number of nitrogens with zero attached hydrogens (tertiary/aromatic N) is 2. The molecule has 1 aromatic heterocycles.